The summed E-state index contributed by atoms with van der Waals surface area (Å²) in [6.07, 6.45) is -1.17. The van der Waals surface area contributed by atoms with Gasteiger partial charge in [-0.3, -0.25) is 20.3 Å². The fourth-order valence-electron chi connectivity index (χ4n) is 5.04. The average Bonchev–Trinajstić information content (AvgIpc) is 3.04. The second kappa shape index (κ2) is 23.1. The smallest absolute Gasteiger partial charge is 0.417 e. The van der Waals surface area contributed by atoms with E-state index < -0.39 is 88.1 Å². The highest BCUT2D eigenvalue weighted by Gasteiger charge is 2.32. The zero-order valence-corrected chi connectivity index (χ0v) is 41.2. The third kappa shape index (κ3) is 24.1. The largest absolute Gasteiger partial charge is 0.460 e. The van der Waals surface area contributed by atoms with Crippen molar-refractivity contribution in [2.24, 2.45) is 0 Å². The molecule has 350 valence electrons. The number of hydrogen-bond donors (Lipinski definition) is 5. The van der Waals surface area contributed by atoms with Crippen LogP contribution in [0.3, 0.4) is 0 Å². The highest BCUT2D eigenvalue weighted by Crippen LogP contribution is 2.20. The number of ether oxygens (including phenoxy) is 5. The van der Waals surface area contributed by atoms with Gasteiger partial charge >= 0.3 is 36.1 Å². The molecule has 0 fully saturated rings. The monoisotopic (exact) mass is 988 g/mol. The van der Waals surface area contributed by atoms with Crippen LogP contribution < -0.4 is 21.3 Å². The Bertz CT molecular complexity index is 1770. The molecular formula is C43H69IN6O12. The van der Waals surface area contributed by atoms with Crippen molar-refractivity contribution in [3.63, 3.8) is 0 Å². The van der Waals surface area contributed by atoms with Crippen LogP contribution in [0.5, 0.6) is 0 Å². The summed E-state index contributed by atoms with van der Waals surface area (Å²) in [5, 5.41) is 18.7. The minimum Gasteiger partial charge on any atom is -0.460 e. The van der Waals surface area contributed by atoms with Crippen LogP contribution in [0.25, 0.3) is 0 Å². The zero-order valence-electron chi connectivity index (χ0n) is 39.1. The molecule has 0 radical (unpaired) electrons. The Kier molecular flexibility index (Phi) is 20.6. The van der Waals surface area contributed by atoms with E-state index in [0.29, 0.717) is 27.5 Å². The van der Waals surface area contributed by atoms with Crippen LogP contribution in [-0.2, 0) is 44.6 Å². The fourth-order valence-corrected chi connectivity index (χ4v) is 5.73. The minimum atomic E-state index is -1.23. The van der Waals surface area contributed by atoms with Crippen molar-refractivity contribution in [2.75, 3.05) is 6.54 Å². The molecule has 0 aliphatic rings. The normalized spacial score (nSPS) is 13.0. The molecule has 1 rings (SSSR count). The molecule has 0 aliphatic heterocycles. The van der Waals surface area contributed by atoms with E-state index in [4.69, 9.17) is 29.1 Å². The summed E-state index contributed by atoms with van der Waals surface area (Å²) in [5.41, 5.74) is -3.34. The predicted molar refractivity (Wildman–Crippen MR) is 240 cm³/mol. The summed E-state index contributed by atoms with van der Waals surface area (Å²) in [5.74, 6) is -2.97. The highest BCUT2D eigenvalue weighted by molar-refractivity contribution is 14.1. The minimum absolute atomic E-state index is 0.113. The average molecular weight is 989 g/mol. The number of nitrogens with one attached hydrogen (secondary N) is 5. The standard InChI is InChI=1S/C43H69IN6O12/c1-39(2,3)58-31(51)22-21-30(34(54)60-41(7,8)9)48-36(55)47-29(33(53)59-40(4,5)6)18-16-17-23-46-32(52)26-19-20-27(28(44)24-26)25-50(38(57)62-43(13,14)15)35(45)49-37(56)61-42(10,11)12/h19-20,24,29-30H,16-18,21-23,25H2,1-15H3,(H,46,52)(H2,45,49,56)(H2,47,48,55). The van der Waals surface area contributed by atoms with Gasteiger partial charge in [0, 0.05) is 22.1 Å². The number of nitrogens with zero attached hydrogens (tertiary/aromatic N) is 1. The molecule has 0 heterocycles. The van der Waals surface area contributed by atoms with Crippen molar-refractivity contribution < 1.29 is 57.2 Å². The Labute approximate surface area is 380 Å². The topological polar surface area (TPSA) is 241 Å². The number of unbranched alkanes of at least 4 members (excludes halogenated alkanes) is 1. The number of alkyl carbamates (subject to hydrolysis) is 1. The molecule has 5 amide bonds. The van der Waals surface area contributed by atoms with Gasteiger partial charge in [-0.05, 0) is 170 Å². The maximum atomic E-state index is 13.3. The maximum Gasteiger partial charge on any atom is 0.417 e. The molecule has 0 saturated carbocycles. The van der Waals surface area contributed by atoms with Crippen LogP contribution in [0, 0.1) is 8.98 Å². The lowest BCUT2D eigenvalue weighted by molar-refractivity contribution is -0.159. The number of rotatable bonds is 15. The Hall–Kier alpha value is -4.69. The molecule has 18 nitrogen and oxygen atoms in total. The van der Waals surface area contributed by atoms with Gasteiger partial charge in [-0.1, -0.05) is 6.07 Å². The van der Waals surface area contributed by atoms with E-state index in [1.807, 2.05) is 22.6 Å². The number of carbonyl (C=O) groups excluding carboxylic acids is 7. The molecule has 2 unspecified atom stereocenters. The first-order valence-corrected chi connectivity index (χ1v) is 21.5. The van der Waals surface area contributed by atoms with Gasteiger partial charge in [0.25, 0.3) is 5.91 Å². The third-order valence-corrected chi connectivity index (χ3v) is 8.41. The second-order valence-electron chi connectivity index (χ2n) is 19.5. The molecule has 0 saturated heterocycles. The lowest BCUT2D eigenvalue weighted by Gasteiger charge is -2.28. The molecule has 0 aliphatic carbocycles. The van der Waals surface area contributed by atoms with E-state index in [1.54, 1.807) is 122 Å². The number of carbonyl (C=O) groups is 7. The summed E-state index contributed by atoms with van der Waals surface area (Å²) >= 11 is 2.01. The van der Waals surface area contributed by atoms with E-state index in [2.05, 4.69) is 21.3 Å². The van der Waals surface area contributed by atoms with E-state index in [1.165, 1.54) is 0 Å². The molecule has 0 bridgehead atoms. The Morgan fingerprint density at radius 3 is 1.61 bits per heavy atom. The predicted octanol–water partition coefficient (Wildman–Crippen LogP) is 7.23. The maximum absolute atomic E-state index is 13.3. The van der Waals surface area contributed by atoms with E-state index in [-0.39, 0.29) is 32.4 Å². The van der Waals surface area contributed by atoms with Crippen LogP contribution in [0.15, 0.2) is 18.2 Å². The molecule has 2 atom stereocenters. The van der Waals surface area contributed by atoms with Gasteiger partial charge in [0.1, 0.15) is 40.1 Å². The summed E-state index contributed by atoms with van der Waals surface area (Å²) in [4.78, 5) is 91.6. The van der Waals surface area contributed by atoms with E-state index in [0.717, 1.165) is 4.90 Å². The molecule has 19 heteroatoms. The third-order valence-electron chi connectivity index (χ3n) is 7.40. The van der Waals surface area contributed by atoms with Gasteiger partial charge in [0.15, 0.2) is 0 Å². The van der Waals surface area contributed by atoms with Crippen LogP contribution in [-0.4, -0.2) is 99.5 Å². The van der Waals surface area contributed by atoms with Crippen molar-refractivity contribution in [1.29, 1.82) is 5.41 Å². The molecule has 0 aromatic heterocycles. The molecule has 62 heavy (non-hydrogen) atoms. The van der Waals surface area contributed by atoms with Crippen molar-refractivity contribution in [3.8, 4) is 0 Å². The highest BCUT2D eigenvalue weighted by atomic mass is 127. The second-order valence-corrected chi connectivity index (χ2v) is 20.7. The van der Waals surface area contributed by atoms with Gasteiger partial charge < -0.3 is 39.6 Å². The van der Waals surface area contributed by atoms with Gasteiger partial charge in [0.05, 0.1) is 6.54 Å². The molecule has 5 N–H and O–H groups in total. The van der Waals surface area contributed by atoms with Crippen LogP contribution >= 0.6 is 22.6 Å². The first-order chi connectivity index (χ1) is 28.0. The fraction of sp³-hybridized carbons (Fsp3) is 0.674. The number of esters is 3. The van der Waals surface area contributed by atoms with Crippen molar-refractivity contribution in [1.82, 2.24) is 26.2 Å². The number of amides is 5. The molecule has 1 aromatic carbocycles. The van der Waals surface area contributed by atoms with Gasteiger partial charge in [0.2, 0.25) is 5.96 Å². The lowest BCUT2D eigenvalue weighted by Crippen LogP contribution is -2.53. The summed E-state index contributed by atoms with van der Waals surface area (Å²) < 4.78 is 27.7. The summed E-state index contributed by atoms with van der Waals surface area (Å²) in [7, 11) is 0. The van der Waals surface area contributed by atoms with Crippen LogP contribution in [0.4, 0.5) is 14.4 Å². The van der Waals surface area contributed by atoms with Gasteiger partial charge in [-0.2, -0.15) is 0 Å². The Morgan fingerprint density at radius 2 is 1.15 bits per heavy atom. The quantitative estimate of drug-likeness (QED) is 0.0292. The number of guanidine groups is 1. The van der Waals surface area contributed by atoms with Crippen LogP contribution in [0.2, 0.25) is 0 Å². The number of urea groups is 1. The van der Waals surface area contributed by atoms with Gasteiger partial charge in [-0.25, -0.2) is 28.9 Å². The SMILES string of the molecule is CC(C)(C)OC(=O)CCC(NC(=O)NC(CCCCNC(=O)c1ccc(CN(C(=N)NC(=O)OC(C)(C)C)C(=O)OC(C)(C)C)c(I)c1)C(=O)OC(C)(C)C)C(=O)OC(C)(C)C. The summed E-state index contributed by atoms with van der Waals surface area (Å²) in [6, 6.07) is 1.60. The van der Waals surface area contributed by atoms with Crippen molar-refractivity contribution in [3.05, 3.63) is 32.9 Å². The first kappa shape index (κ1) is 55.3. The Morgan fingerprint density at radius 1 is 0.661 bits per heavy atom. The van der Waals surface area contributed by atoms with Gasteiger partial charge in [-0.15, -0.1) is 0 Å². The van der Waals surface area contributed by atoms with Crippen molar-refractivity contribution in [2.45, 2.75) is 183 Å². The van der Waals surface area contributed by atoms with Crippen molar-refractivity contribution >= 4 is 70.6 Å². The first-order valence-electron chi connectivity index (χ1n) is 20.4. The molecule has 0 spiro atoms. The van der Waals surface area contributed by atoms with Crippen LogP contribution in [0.1, 0.15) is 152 Å². The number of benzene rings is 1. The Balaban J connectivity index is 3.03. The van der Waals surface area contributed by atoms with E-state index >= 15 is 0 Å². The zero-order chi connectivity index (χ0) is 48.0. The number of hydrogen-bond acceptors (Lipinski definition) is 13. The number of halogens is 1. The summed E-state index contributed by atoms with van der Waals surface area (Å²) in [6.45, 7) is 25.3. The lowest BCUT2D eigenvalue weighted by atomic mass is 10.1. The van der Waals surface area contributed by atoms with E-state index in [9.17, 15) is 33.6 Å². The molecular weight excluding hydrogens is 919 g/mol. The molecule has 1 aromatic rings.